The molecular weight excluding hydrogens is 385 g/mol. The molecule has 0 aliphatic carbocycles. The van der Waals surface area contributed by atoms with Crippen LogP contribution in [0.3, 0.4) is 0 Å². The van der Waals surface area contributed by atoms with Crippen LogP contribution in [-0.4, -0.2) is 22.7 Å². The highest BCUT2D eigenvalue weighted by Gasteiger charge is 2.21. The topological polar surface area (TPSA) is 46.9 Å². The average Bonchev–Trinajstić information content (AvgIpc) is 3.09. The SMILES string of the molecule is CNC(=O)C(Cc1cccc(Br)c1)n1ccc(-c2ccccc2F)n1. The number of carbonyl (C=O) groups excluding carboxylic acids is 1. The molecule has 0 aliphatic heterocycles. The fourth-order valence-corrected chi connectivity index (χ4v) is 3.13. The first-order chi connectivity index (χ1) is 12.1. The summed E-state index contributed by atoms with van der Waals surface area (Å²) in [6, 6.07) is 15.5. The van der Waals surface area contributed by atoms with Gasteiger partial charge in [-0.05, 0) is 35.9 Å². The number of hydrogen-bond acceptors (Lipinski definition) is 2. The predicted octanol–water partition coefficient (Wildman–Crippen LogP) is 3.98. The Labute approximate surface area is 153 Å². The molecule has 1 aromatic heterocycles. The lowest BCUT2D eigenvalue weighted by molar-refractivity contribution is -0.124. The summed E-state index contributed by atoms with van der Waals surface area (Å²) in [6.45, 7) is 0. The normalized spacial score (nSPS) is 12.0. The van der Waals surface area contributed by atoms with Crippen molar-refractivity contribution in [1.82, 2.24) is 15.1 Å². The average molecular weight is 402 g/mol. The Morgan fingerprint density at radius 1 is 1.24 bits per heavy atom. The molecule has 25 heavy (non-hydrogen) atoms. The zero-order chi connectivity index (χ0) is 17.8. The Kier molecular flexibility index (Phi) is 5.28. The second-order valence-corrected chi connectivity index (χ2v) is 6.54. The monoisotopic (exact) mass is 401 g/mol. The van der Waals surface area contributed by atoms with Crippen LogP contribution in [-0.2, 0) is 11.2 Å². The van der Waals surface area contributed by atoms with Crippen LogP contribution in [0.1, 0.15) is 11.6 Å². The quantitative estimate of drug-likeness (QED) is 0.702. The highest BCUT2D eigenvalue weighted by molar-refractivity contribution is 9.10. The van der Waals surface area contributed by atoms with Gasteiger partial charge in [0.1, 0.15) is 11.9 Å². The number of rotatable bonds is 5. The summed E-state index contributed by atoms with van der Waals surface area (Å²) >= 11 is 3.44. The lowest BCUT2D eigenvalue weighted by Gasteiger charge is -2.16. The standard InChI is InChI=1S/C19H17BrFN3O/c1-22-19(25)18(12-13-5-4-6-14(20)11-13)24-10-9-17(23-24)15-7-2-3-8-16(15)21/h2-11,18H,12H2,1H3,(H,22,25). The highest BCUT2D eigenvalue weighted by atomic mass is 79.9. The fourth-order valence-electron chi connectivity index (χ4n) is 2.68. The van der Waals surface area contributed by atoms with Gasteiger partial charge in [-0.1, -0.05) is 40.2 Å². The van der Waals surface area contributed by atoms with Gasteiger partial charge in [-0.2, -0.15) is 5.10 Å². The van der Waals surface area contributed by atoms with Crippen LogP contribution in [0.2, 0.25) is 0 Å². The summed E-state index contributed by atoms with van der Waals surface area (Å²) in [4.78, 5) is 12.4. The number of halogens is 2. The third-order valence-electron chi connectivity index (χ3n) is 3.94. The molecule has 2 aromatic carbocycles. The molecule has 1 amide bonds. The number of nitrogens with zero attached hydrogens (tertiary/aromatic N) is 2. The number of aromatic nitrogens is 2. The molecule has 3 aromatic rings. The lowest BCUT2D eigenvalue weighted by Crippen LogP contribution is -2.31. The van der Waals surface area contributed by atoms with Crippen LogP contribution >= 0.6 is 15.9 Å². The Balaban J connectivity index is 1.92. The van der Waals surface area contributed by atoms with E-state index in [1.165, 1.54) is 6.07 Å². The predicted molar refractivity (Wildman–Crippen MR) is 98.6 cm³/mol. The van der Waals surface area contributed by atoms with E-state index in [0.717, 1.165) is 10.0 Å². The number of amides is 1. The van der Waals surface area contributed by atoms with E-state index < -0.39 is 6.04 Å². The Hall–Kier alpha value is -2.47. The minimum atomic E-state index is -0.514. The maximum absolute atomic E-state index is 14.0. The fraction of sp³-hybridized carbons (Fsp3) is 0.158. The van der Waals surface area contributed by atoms with Gasteiger partial charge in [0.15, 0.2) is 0 Å². The molecule has 0 radical (unpaired) electrons. The van der Waals surface area contributed by atoms with Crippen molar-refractivity contribution >= 4 is 21.8 Å². The van der Waals surface area contributed by atoms with Gasteiger partial charge < -0.3 is 5.32 Å². The van der Waals surface area contributed by atoms with Crippen LogP contribution in [0.25, 0.3) is 11.3 Å². The number of likely N-dealkylation sites (N-methyl/N-ethyl adjacent to an activating group) is 1. The third-order valence-corrected chi connectivity index (χ3v) is 4.44. The van der Waals surface area contributed by atoms with Crippen molar-refractivity contribution < 1.29 is 9.18 Å². The smallest absolute Gasteiger partial charge is 0.244 e. The van der Waals surface area contributed by atoms with Gasteiger partial charge in [0.2, 0.25) is 5.91 Å². The molecule has 4 nitrogen and oxygen atoms in total. The molecule has 0 saturated carbocycles. The molecular formula is C19H17BrFN3O. The molecule has 3 rings (SSSR count). The maximum Gasteiger partial charge on any atom is 0.244 e. The first-order valence-corrected chi connectivity index (χ1v) is 8.64. The molecule has 1 atom stereocenters. The summed E-state index contributed by atoms with van der Waals surface area (Å²) in [5.74, 6) is -0.487. The van der Waals surface area contributed by atoms with E-state index in [0.29, 0.717) is 17.7 Å². The zero-order valence-corrected chi connectivity index (χ0v) is 15.2. The summed E-state index contributed by atoms with van der Waals surface area (Å²) in [6.07, 6.45) is 2.19. The van der Waals surface area contributed by atoms with Crippen molar-refractivity contribution in [3.8, 4) is 11.3 Å². The van der Waals surface area contributed by atoms with Crippen LogP contribution < -0.4 is 5.32 Å². The second kappa shape index (κ2) is 7.61. The molecule has 6 heteroatoms. The van der Waals surface area contributed by atoms with Gasteiger partial charge >= 0.3 is 0 Å². The van der Waals surface area contributed by atoms with E-state index >= 15 is 0 Å². The van der Waals surface area contributed by atoms with Crippen molar-refractivity contribution in [3.05, 3.63) is 76.6 Å². The molecule has 1 unspecified atom stereocenters. The molecule has 1 heterocycles. The Bertz CT molecular complexity index is 894. The van der Waals surface area contributed by atoms with Gasteiger partial charge in [-0.15, -0.1) is 0 Å². The zero-order valence-electron chi connectivity index (χ0n) is 13.6. The van der Waals surface area contributed by atoms with E-state index in [1.807, 2.05) is 24.3 Å². The molecule has 1 N–H and O–H groups in total. The van der Waals surface area contributed by atoms with Gasteiger partial charge in [0.25, 0.3) is 0 Å². The number of hydrogen-bond donors (Lipinski definition) is 1. The number of carbonyl (C=O) groups is 1. The van der Waals surface area contributed by atoms with E-state index in [9.17, 15) is 9.18 Å². The summed E-state index contributed by atoms with van der Waals surface area (Å²) in [7, 11) is 1.59. The summed E-state index contributed by atoms with van der Waals surface area (Å²) in [5.41, 5.74) is 1.92. The second-order valence-electron chi connectivity index (χ2n) is 5.62. The first kappa shape index (κ1) is 17.4. The van der Waals surface area contributed by atoms with Gasteiger partial charge in [-0.25, -0.2) is 4.39 Å². The minimum absolute atomic E-state index is 0.150. The highest BCUT2D eigenvalue weighted by Crippen LogP contribution is 2.23. The van der Waals surface area contributed by atoms with Crippen LogP contribution in [0.5, 0.6) is 0 Å². The Morgan fingerprint density at radius 3 is 2.76 bits per heavy atom. The van der Waals surface area contributed by atoms with Crippen molar-refractivity contribution in [2.45, 2.75) is 12.5 Å². The molecule has 0 aliphatic rings. The van der Waals surface area contributed by atoms with Crippen molar-refractivity contribution in [2.75, 3.05) is 7.05 Å². The lowest BCUT2D eigenvalue weighted by atomic mass is 10.1. The number of benzene rings is 2. The molecule has 0 fully saturated rings. The van der Waals surface area contributed by atoms with E-state index in [2.05, 4.69) is 26.3 Å². The summed E-state index contributed by atoms with van der Waals surface area (Å²) in [5, 5.41) is 7.11. The van der Waals surface area contributed by atoms with E-state index in [1.54, 1.807) is 42.2 Å². The van der Waals surface area contributed by atoms with Gasteiger partial charge in [0.05, 0.1) is 5.69 Å². The van der Waals surface area contributed by atoms with Crippen LogP contribution in [0, 0.1) is 5.82 Å². The van der Waals surface area contributed by atoms with Crippen LogP contribution in [0.15, 0.2) is 65.3 Å². The maximum atomic E-state index is 14.0. The molecule has 0 bridgehead atoms. The third kappa shape index (κ3) is 3.96. The minimum Gasteiger partial charge on any atom is -0.357 e. The van der Waals surface area contributed by atoms with E-state index in [-0.39, 0.29) is 11.7 Å². The van der Waals surface area contributed by atoms with Gasteiger partial charge in [0, 0.05) is 29.7 Å². The molecule has 128 valence electrons. The van der Waals surface area contributed by atoms with Crippen molar-refractivity contribution in [3.63, 3.8) is 0 Å². The summed E-state index contributed by atoms with van der Waals surface area (Å²) < 4.78 is 16.5. The molecule has 0 saturated heterocycles. The van der Waals surface area contributed by atoms with Gasteiger partial charge in [-0.3, -0.25) is 9.48 Å². The van der Waals surface area contributed by atoms with Crippen molar-refractivity contribution in [2.24, 2.45) is 0 Å². The van der Waals surface area contributed by atoms with E-state index in [4.69, 9.17) is 0 Å². The van der Waals surface area contributed by atoms with Crippen molar-refractivity contribution in [1.29, 1.82) is 0 Å². The Morgan fingerprint density at radius 2 is 2.04 bits per heavy atom. The number of nitrogens with one attached hydrogen (secondary N) is 1. The largest absolute Gasteiger partial charge is 0.357 e. The first-order valence-electron chi connectivity index (χ1n) is 7.84. The van der Waals surface area contributed by atoms with Crippen LogP contribution in [0.4, 0.5) is 4.39 Å². The molecule has 0 spiro atoms.